The number of aliphatic hydroxyl groups is 1. The number of carbonyl (C=O) groups excluding carboxylic acids is 4. The third kappa shape index (κ3) is 14.1. The molecule has 0 heterocycles. The highest BCUT2D eigenvalue weighted by Crippen LogP contribution is 2.26. The molecule has 38 heavy (non-hydrogen) atoms. The number of aliphatic hydroxyl groups excluding tert-OH is 1. The quantitative estimate of drug-likeness (QED) is 0.158. The first-order chi connectivity index (χ1) is 17.7. The van der Waals surface area contributed by atoms with Crippen molar-refractivity contribution in [2.24, 2.45) is 17.3 Å². The van der Waals surface area contributed by atoms with Crippen molar-refractivity contribution >= 4 is 23.7 Å². The molecule has 10 heteroatoms. The molecule has 0 aliphatic carbocycles. The lowest BCUT2D eigenvalue weighted by molar-refractivity contribution is -0.136. The number of amides is 3. The Morgan fingerprint density at radius 3 is 2.11 bits per heavy atom. The highest BCUT2D eigenvalue weighted by molar-refractivity contribution is 5.90. The van der Waals surface area contributed by atoms with Gasteiger partial charge in [0.05, 0.1) is 25.3 Å². The molecular formula is C28H54N4O6. The SMILES string of the molecule is CCCCCNC(=O)[C@@H](NC(=O)C(C)(C)C[C@H](O)[C@H](CC(C)C)NCC(=O)C(C)NC(=O)OCC)C(C)C. The Kier molecular flexibility index (Phi) is 17.1. The van der Waals surface area contributed by atoms with Crippen molar-refractivity contribution in [2.45, 2.75) is 119 Å². The molecule has 0 aliphatic rings. The van der Waals surface area contributed by atoms with E-state index in [-0.39, 0.29) is 49.0 Å². The molecule has 0 aliphatic heterocycles. The topological polar surface area (TPSA) is 146 Å². The van der Waals surface area contributed by atoms with Crippen LogP contribution in [-0.2, 0) is 19.1 Å². The van der Waals surface area contributed by atoms with E-state index < -0.39 is 35.7 Å². The Labute approximate surface area is 229 Å². The molecule has 0 saturated carbocycles. The molecule has 5 N–H and O–H groups in total. The van der Waals surface area contributed by atoms with Crippen LogP contribution in [0.15, 0.2) is 0 Å². The van der Waals surface area contributed by atoms with Gasteiger partial charge >= 0.3 is 6.09 Å². The van der Waals surface area contributed by atoms with Crippen molar-refractivity contribution in [1.29, 1.82) is 0 Å². The van der Waals surface area contributed by atoms with Crippen LogP contribution in [0, 0.1) is 17.3 Å². The van der Waals surface area contributed by atoms with E-state index in [1.807, 2.05) is 27.7 Å². The van der Waals surface area contributed by atoms with Gasteiger partial charge < -0.3 is 31.1 Å². The van der Waals surface area contributed by atoms with Crippen LogP contribution in [0.4, 0.5) is 4.79 Å². The Hall–Kier alpha value is -2.20. The highest BCUT2D eigenvalue weighted by Gasteiger charge is 2.36. The fourth-order valence-electron chi connectivity index (χ4n) is 4.03. The maximum absolute atomic E-state index is 13.2. The molecule has 0 aromatic heterocycles. The fourth-order valence-corrected chi connectivity index (χ4v) is 4.03. The standard InChI is InChI=1S/C28H54N4O6/c1-10-12-13-14-29-25(35)24(19(5)6)32-26(36)28(8,9)16-22(33)21(15-18(3)4)30-17-23(34)20(7)31-27(37)38-11-2/h18-22,24,30,33H,10-17H2,1-9H3,(H,29,35)(H,31,37)(H,32,36)/t20?,21-,22-,24-/m0/s1. The number of carbonyl (C=O) groups is 4. The van der Waals surface area contributed by atoms with Crippen LogP contribution in [0.1, 0.15) is 94.4 Å². The summed E-state index contributed by atoms with van der Waals surface area (Å²) in [7, 11) is 0. The number of rotatable bonds is 19. The normalized spacial score (nSPS) is 14.9. The van der Waals surface area contributed by atoms with E-state index in [1.54, 1.807) is 27.7 Å². The molecule has 0 radical (unpaired) electrons. The first-order valence-corrected chi connectivity index (χ1v) is 14.1. The molecule has 0 aromatic rings. The average molecular weight is 543 g/mol. The van der Waals surface area contributed by atoms with Crippen molar-refractivity contribution in [1.82, 2.24) is 21.3 Å². The first-order valence-electron chi connectivity index (χ1n) is 14.1. The third-order valence-corrected chi connectivity index (χ3v) is 6.47. The second kappa shape index (κ2) is 18.2. The molecular weight excluding hydrogens is 488 g/mol. The van der Waals surface area contributed by atoms with Crippen LogP contribution in [0.2, 0.25) is 0 Å². The summed E-state index contributed by atoms with van der Waals surface area (Å²) >= 11 is 0. The van der Waals surface area contributed by atoms with Crippen LogP contribution in [-0.4, -0.2) is 72.7 Å². The fraction of sp³-hybridized carbons (Fsp3) is 0.857. The van der Waals surface area contributed by atoms with E-state index in [0.717, 1.165) is 19.3 Å². The minimum Gasteiger partial charge on any atom is -0.450 e. The molecule has 0 spiro atoms. The van der Waals surface area contributed by atoms with Gasteiger partial charge in [-0.05, 0) is 44.9 Å². The molecule has 1 unspecified atom stereocenters. The maximum atomic E-state index is 13.2. The van der Waals surface area contributed by atoms with Crippen molar-refractivity contribution < 1.29 is 29.0 Å². The van der Waals surface area contributed by atoms with Crippen LogP contribution in [0.5, 0.6) is 0 Å². The van der Waals surface area contributed by atoms with Gasteiger partial charge in [-0.15, -0.1) is 0 Å². The first kappa shape index (κ1) is 35.8. The number of ether oxygens (including phenoxy) is 1. The lowest BCUT2D eigenvalue weighted by atomic mass is 9.81. The van der Waals surface area contributed by atoms with E-state index in [1.165, 1.54) is 0 Å². The van der Waals surface area contributed by atoms with Crippen molar-refractivity contribution in [3.8, 4) is 0 Å². The van der Waals surface area contributed by atoms with Gasteiger partial charge in [0.15, 0.2) is 5.78 Å². The van der Waals surface area contributed by atoms with Gasteiger partial charge in [0, 0.05) is 18.0 Å². The smallest absolute Gasteiger partial charge is 0.407 e. The van der Waals surface area contributed by atoms with E-state index in [9.17, 15) is 24.3 Å². The Morgan fingerprint density at radius 2 is 1.58 bits per heavy atom. The predicted octanol–water partition coefficient (Wildman–Crippen LogP) is 2.92. The summed E-state index contributed by atoms with van der Waals surface area (Å²) in [6.07, 6.45) is 2.12. The molecule has 0 fully saturated rings. The minimum absolute atomic E-state index is 0.0533. The van der Waals surface area contributed by atoms with Crippen LogP contribution in [0.3, 0.4) is 0 Å². The molecule has 3 amide bonds. The van der Waals surface area contributed by atoms with Crippen LogP contribution in [0.25, 0.3) is 0 Å². The molecule has 0 rings (SSSR count). The lowest BCUT2D eigenvalue weighted by Crippen LogP contribution is -2.54. The van der Waals surface area contributed by atoms with Gasteiger partial charge in [-0.25, -0.2) is 4.79 Å². The van der Waals surface area contributed by atoms with Gasteiger partial charge in [0.1, 0.15) is 6.04 Å². The largest absolute Gasteiger partial charge is 0.450 e. The average Bonchev–Trinajstić information content (AvgIpc) is 2.81. The van der Waals surface area contributed by atoms with Crippen molar-refractivity contribution in [2.75, 3.05) is 19.7 Å². The van der Waals surface area contributed by atoms with Crippen LogP contribution < -0.4 is 21.3 Å². The summed E-state index contributed by atoms with van der Waals surface area (Å²) in [5.41, 5.74) is -0.964. The second-order valence-electron chi connectivity index (χ2n) is 11.5. The molecule has 0 aromatic carbocycles. The summed E-state index contributed by atoms with van der Waals surface area (Å²) in [6, 6.07) is -1.86. The van der Waals surface area contributed by atoms with Gasteiger partial charge in [0.2, 0.25) is 11.8 Å². The van der Waals surface area contributed by atoms with Crippen molar-refractivity contribution in [3.63, 3.8) is 0 Å². The van der Waals surface area contributed by atoms with Gasteiger partial charge in [-0.3, -0.25) is 14.4 Å². The van der Waals surface area contributed by atoms with E-state index in [0.29, 0.717) is 13.0 Å². The monoisotopic (exact) mass is 542 g/mol. The Morgan fingerprint density at radius 1 is 0.947 bits per heavy atom. The Bertz CT molecular complexity index is 741. The number of unbranched alkanes of at least 4 members (excludes halogenated alkanes) is 2. The molecule has 0 saturated heterocycles. The number of alkyl carbamates (subject to hydrolysis) is 1. The molecule has 10 nitrogen and oxygen atoms in total. The zero-order valence-corrected chi connectivity index (χ0v) is 25.1. The molecule has 4 atom stereocenters. The Balaban J connectivity index is 5.21. The second-order valence-corrected chi connectivity index (χ2v) is 11.5. The third-order valence-electron chi connectivity index (χ3n) is 6.47. The maximum Gasteiger partial charge on any atom is 0.407 e. The minimum atomic E-state index is -0.964. The van der Waals surface area contributed by atoms with Gasteiger partial charge in [-0.2, -0.15) is 0 Å². The van der Waals surface area contributed by atoms with E-state index >= 15 is 0 Å². The van der Waals surface area contributed by atoms with E-state index in [2.05, 4.69) is 28.2 Å². The summed E-state index contributed by atoms with van der Waals surface area (Å²) in [6.45, 7) is 17.4. The van der Waals surface area contributed by atoms with Gasteiger partial charge in [0.25, 0.3) is 0 Å². The lowest BCUT2D eigenvalue weighted by Gasteiger charge is -2.33. The summed E-state index contributed by atoms with van der Waals surface area (Å²) < 4.78 is 4.82. The highest BCUT2D eigenvalue weighted by atomic mass is 16.5. The van der Waals surface area contributed by atoms with E-state index in [4.69, 9.17) is 4.74 Å². The summed E-state index contributed by atoms with van der Waals surface area (Å²) in [4.78, 5) is 50.1. The number of Topliss-reactive ketones (excluding diaryl/α,β-unsaturated/α-hetero) is 1. The molecule has 222 valence electrons. The number of nitrogens with one attached hydrogen (secondary N) is 4. The zero-order chi connectivity index (χ0) is 29.5. The van der Waals surface area contributed by atoms with Gasteiger partial charge in [-0.1, -0.05) is 61.3 Å². The summed E-state index contributed by atoms with van der Waals surface area (Å²) in [5.74, 6) is -0.640. The van der Waals surface area contributed by atoms with Crippen LogP contribution >= 0.6 is 0 Å². The predicted molar refractivity (Wildman–Crippen MR) is 150 cm³/mol. The zero-order valence-electron chi connectivity index (χ0n) is 25.1. The number of hydrogen-bond donors (Lipinski definition) is 5. The number of ketones is 1. The van der Waals surface area contributed by atoms with Crippen molar-refractivity contribution in [3.05, 3.63) is 0 Å². The molecule has 0 bridgehead atoms. The number of hydrogen-bond acceptors (Lipinski definition) is 7. The summed E-state index contributed by atoms with van der Waals surface area (Å²) in [5, 5.41) is 22.5.